The Kier molecular flexibility index (Phi) is 4.57. The van der Waals surface area contributed by atoms with Gasteiger partial charge in [-0.2, -0.15) is 0 Å². The van der Waals surface area contributed by atoms with Crippen LogP contribution in [0.2, 0.25) is 0 Å². The zero-order valence-electron chi connectivity index (χ0n) is 11.5. The minimum atomic E-state index is -0.918. The molecule has 1 saturated carbocycles. The molecule has 0 heterocycles. The summed E-state index contributed by atoms with van der Waals surface area (Å²) in [5.74, 6) is -2.87. The lowest BCUT2D eigenvalue weighted by molar-refractivity contribution is -0.147. The zero-order valence-corrected chi connectivity index (χ0v) is 11.5. The van der Waals surface area contributed by atoms with Crippen molar-refractivity contribution < 1.29 is 19.5 Å². The van der Waals surface area contributed by atoms with Crippen LogP contribution >= 0.6 is 0 Å². The van der Waals surface area contributed by atoms with Crippen LogP contribution in [0, 0.1) is 11.8 Å². The lowest BCUT2D eigenvalue weighted by atomic mass is 9.78. The van der Waals surface area contributed by atoms with E-state index in [4.69, 9.17) is 5.73 Å². The predicted octanol–water partition coefficient (Wildman–Crippen LogP) is 1.61. The van der Waals surface area contributed by atoms with Crippen LogP contribution < -0.4 is 11.1 Å². The quantitative estimate of drug-likeness (QED) is 0.782. The van der Waals surface area contributed by atoms with Crippen LogP contribution in [0.5, 0.6) is 0 Å². The maximum atomic E-state index is 12.2. The maximum Gasteiger partial charge on any atom is 0.307 e. The third kappa shape index (κ3) is 3.59. The fraction of sp³-hybridized carbons (Fsp3) is 0.400. The highest BCUT2D eigenvalue weighted by atomic mass is 16.4. The van der Waals surface area contributed by atoms with Crippen LogP contribution in [-0.2, 0) is 9.59 Å². The zero-order chi connectivity index (χ0) is 15.4. The number of hydrogen-bond acceptors (Lipinski definition) is 3. The molecule has 0 spiro atoms. The molecule has 0 saturated heterocycles. The number of benzene rings is 1. The van der Waals surface area contributed by atoms with E-state index in [1.165, 1.54) is 12.1 Å². The summed E-state index contributed by atoms with van der Waals surface area (Å²) in [5, 5.41) is 11.9. The second kappa shape index (κ2) is 6.39. The first kappa shape index (κ1) is 15.0. The van der Waals surface area contributed by atoms with Gasteiger partial charge in [0.25, 0.3) is 0 Å². The van der Waals surface area contributed by atoms with E-state index in [1.54, 1.807) is 12.1 Å². The van der Waals surface area contributed by atoms with E-state index in [1.807, 2.05) is 0 Å². The van der Waals surface area contributed by atoms with Gasteiger partial charge in [-0.3, -0.25) is 14.4 Å². The molecule has 2 amide bonds. The molecule has 4 N–H and O–H groups in total. The summed E-state index contributed by atoms with van der Waals surface area (Å²) in [7, 11) is 0. The predicted molar refractivity (Wildman–Crippen MR) is 76.7 cm³/mol. The van der Waals surface area contributed by atoms with Crippen molar-refractivity contribution in [3.05, 3.63) is 29.8 Å². The van der Waals surface area contributed by atoms with Crippen LogP contribution in [0.3, 0.4) is 0 Å². The number of nitrogens with one attached hydrogen (secondary N) is 1. The van der Waals surface area contributed by atoms with E-state index in [9.17, 15) is 19.5 Å². The molecule has 2 rings (SSSR count). The molecule has 6 heteroatoms. The molecule has 21 heavy (non-hydrogen) atoms. The summed E-state index contributed by atoms with van der Waals surface area (Å²) in [4.78, 5) is 34.4. The number of rotatable bonds is 4. The van der Waals surface area contributed by atoms with Crippen LogP contribution in [0.25, 0.3) is 0 Å². The molecule has 1 aliphatic carbocycles. The molecule has 0 aliphatic heterocycles. The molecule has 1 aromatic rings. The molecule has 1 aromatic carbocycles. The number of hydrogen-bond donors (Lipinski definition) is 3. The number of nitrogens with two attached hydrogens (primary N) is 1. The van der Waals surface area contributed by atoms with E-state index in [2.05, 4.69) is 5.32 Å². The lowest BCUT2D eigenvalue weighted by Crippen LogP contribution is -2.36. The first-order chi connectivity index (χ1) is 9.99. The van der Waals surface area contributed by atoms with Crippen LogP contribution in [0.1, 0.15) is 36.0 Å². The third-order valence-electron chi connectivity index (χ3n) is 3.86. The van der Waals surface area contributed by atoms with Crippen LogP contribution in [-0.4, -0.2) is 22.9 Å². The summed E-state index contributed by atoms with van der Waals surface area (Å²) in [6.07, 6.45) is 2.83. The summed E-state index contributed by atoms with van der Waals surface area (Å²) >= 11 is 0. The van der Waals surface area contributed by atoms with E-state index in [0.717, 1.165) is 12.8 Å². The Bertz CT molecular complexity index is 553. The van der Waals surface area contributed by atoms with Crippen molar-refractivity contribution in [1.82, 2.24) is 0 Å². The minimum absolute atomic E-state index is 0.283. The lowest BCUT2D eigenvalue weighted by Gasteiger charge is -2.27. The molecule has 0 radical (unpaired) electrons. The molecule has 0 unspecified atom stereocenters. The summed E-state index contributed by atoms with van der Waals surface area (Å²) in [5.41, 5.74) is 6.03. The first-order valence-electron chi connectivity index (χ1n) is 6.92. The Morgan fingerprint density at radius 3 is 2.14 bits per heavy atom. The molecule has 6 nitrogen and oxygen atoms in total. The number of carbonyl (C=O) groups is 3. The molecule has 1 fully saturated rings. The minimum Gasteiger partial charge on any atom is -0.481 e. The fourth-order valence-electron chi connectivity index (χ4n) is 2.69. The molecular weight excluding hydrogens is 272 g/mol. The van der Waals surface area contributed by atoms with E-state index in [-0.39, 0.29) is 5.91 Å². The Labute approximate surface area is 122 Å². The summed E-state index contributed by atoms with van der Waals surface area (Å²) in [6.45, 7) is 0. The average molecular weight is 290 g/mol. The summed E-state index contributed by atoms with van der Waals surface area (Å²) in [6, 6.07) is 6.20. The van der Waals surface area contributed by atoms with Crippen LogP contribution in [0.15, 0.2) is 24.3 Å². The van der Waals surface area contributed by atoms with Crippen LogP contribution in [0.4, 0.5) is 5.69 Å². The highest BCUT2D eigenvalue weighted by Crippen LogP contribution is 2.31. The number of amides is 2. The largest absolute Gasteiger partial charge is 0.481 e. The molecule has 0 aromatic heterocycles. The van der Waals surface area contributed by atoms with Gasteiger partial charge in [-0.05, 0) is 37.1 Å². The molecule has 112 valence electrons. The van der Waals surface area contributed by atoms with Crippen molar-refractivity contribution >= 4 is 23.5 Å². The number of anilines is 1. The topological polar surface area (TPSA) is 109 Å². The number of carboxylic acids is 1. The highest BCUT2D eigenvalue weighted by molar-refractivity contribution is 5.96. The van der Waals surface area contributed by atoms with Crippen molar-refractivity contribution in [2.75, 3.05) is 5.32 Å². The highest BCUT2D eigenvalue weighted by Gasteiger charge is 2.35. The Balaban J connectivity index is 2.05. The van der Waals surface area contributed by atoms with Gasteiger partial charge in [0.1, 0.15) is 0 Å². The molecule has 0 bridgehead atoms. The third-order valence-corrected chi connectivity index (χ3v) is 3.86. The van der Waals surface area contributed by atoms with Gasteiger partial charge >= 0.3 is 5.97 Å². The van der Waals surface area contributed by atoms with Gasteiger partial charge in [-0.15, -0.1) is 0 Å². The Morgan fingerprint density at radius 1 is 1.05 bits per heavy atom. The molecule has 2 atom stereocenters. The average Bonchev–Trinajstić information content (AvgIpc) is 2.47. The Hall–Kier alpha value is -2.37. The van der Waals surface area contributed by atoms with Crippen molar-refractivity contribution in [3.63, 3.8) is 0 Å². The van der Waals surface area contributed by atoms with Crippen molar-refractivity contribution in [2.45, 2.75) is 25.7 Å². The normalized spacial score (nSPS) is 21.5. The smallest absolute Gasteiger partial charge is 0.307 e. The second-order valence-corrected chi connectivity index (χ2v) is 5.27. The van der Waals surface area contributed by atoms with Gasteiger partial charge in [0.15, 0.2) is 0 Å². The van der Waals surface area contributed by atoms with Crippen molar-refractivity contribution in [1.29, 1.82) is 0 Å². The maximum absolute atomic E-state index is 12.2. The molecule has 1 aliphatic rings. The van der Waals surface area contributed by atoms with E-state index < -0.39 is 23.7 Å². The number of primary amides is 1. The number of aliphatic carboxylic acids is 1. The van der Waals surface area contributed by atoms with E-state index in [0.29, 0.717) is 24.1 Å². The summed E-state index contributed by atoms with van der Waals surface area (Å²) < 4.78 is 0. The van der Waals surface area contributed by atoms with Gasteiger partial charge in [0.05, 0.1) is 11.8 Å². The fourth-order valence-corrected chi connectivity index (χ4v) is 2.69. The van der Waals surface area contributed by atoms with Gasteiger partial charge in [0, 0.05) is 11.3 Å². The van der Waals surface area contributed by atoms with E-state index >= 15 is 0 Å². The number of carbonyl (C=O) groups excluding carboxylic acids is 2. The standard InChI is InChI=1S/C15H18N2O4/c16-13(18)9-5-7-10(8-6-9)17-14(19)11-3-1-2-4-12(11)15(20)21/h5-8,11-12H,1-4H2,(H2,16,18)(H,17,19)(H,20,21)/t11-,12+/m0/s1. The Morgan fingerprint density at radius 2 is 1.62 bits per heavy atom. The van der Waals surface area contributed by atoms with Gasteiger partial charge in [0.2, 0.25) is 11.8 Å². The molecular formula is C15H18N2O4. The van der Waals surface area contributed by atoms with Crippen molar-refractivity contribution in [2.24, 2.45) is 17.6 Å². The van der Waals surface area contributed by atoms with Gasteiger partial charge in [-0.1, -0.05) is 12.8 Å². The number of carboxylic acid groups (broad SMARTS) is 1. The van der Waals surface area contributed by atoms with Gasteiger partial charge < -0.3 is 16.2 Å². The first-order valence-corrected chi connectivity index (χ1v) is 6.92. The van der Waals surface area contributed by atoms with Gasteiger partial charge in [-0.25, -0.2) is 0 Å². The van der Waals surface area contributed by atoms with Crippen molar-refractivity contribution in [3.8, 4) is 0 Å². The SMILES string of the molecule is NC(=O)c1ccc(NC(=O)[C@H]2CCCC[C@H]2C(=O)O)cc1. The monoisotopic (exact) mass is 290 g/mol. The second-order valence-electron chi connectivity index (χ2n) is 5.27.